The van der Waals surface area contributed by atoms with Crippen molar-refractivity contribution in [3.63, 3.8) is 0 Å². The van der Waals surface area contributed by atoms with E-state index >= 15 is 0 Å². The Morgan fingerprint density at radius 1 is 0.632 bits per heavy atom. The fourth-order valence-corrected chi connectivity index (χ4v) is 2.43. The summed E-state index contributed by atoms with van der Waals surface area (Å²) in [4.78, 5) is 0. The minimum atomic E-state index is 1.08. The SMILES string of the molecule is CC/C=C/C/C=C/C/C=C/CCCCCCCCI. The fourth-order valence-electron chi connectivity index (χ4n) is 1.89. The maximum Gasteiger partial charge on any atom is -0.000473 e. The van der Waals surface area contributed by atoms with Gasteiger partial charge in [0.1, 0.15) is 0 Å². The summed E-state index contributed by atoms with van der Waals surface area (Å²) in [7, 11) is 0. The van der Waals surface area contributed by atoms with Crippen LogP contribution in [0.1, 0.15) is 71.1 Å². The lowest BCUT2D eigenvalue weighted by Crippen LogP contribution is -1.80. The highest BCUT2D eigenvalue weighted by atomic mass is 127. The van der Waals surface area contributed by atoms with E-state index in [1.807, 2.05) is 0 Å². The number of rotatable bonds is 13. The summed E-state index contributed by atoms with van der Waals surface area (Å²) < 4.78 is 1.32. The molecule has 0 saturated heterocycles. The Morgan fingerprint density at radius 2 is 1.16 bits per heavy atom. The average molecular weight is 374 g/mol. The first-order valence-corrected chi connectivity index (χ1v) is 9.45. The van der Waals surface area contributed by atoms with Crippen LogP contribution in [0.5, 0.6) is 0 Å². The minimum Gasteiger partial charge on any atom is -0.0885 e. The van der Waals surface area contributed by atoms with Crippen molar-refractivity contribution >= 4 is 22.6 Å². The number of alkyl halides is 1. The number of halogens is 1. The number of hydrogen-bond acceptors (Lipinski definition) is 0. The molecule has 0 rings (SSSR count). The molecule has 1 heteroatoms. The molecule has 0 nitrogen and oxygen atoms in total. The lowest BCUT2D eigenvalue weighted by atomic mass is 10.1. The highest BCUT2D eigenvalue weighted by Gasteiger charge is 1.89. The van der Waals surface area contributed by atoms with Gasteiger partial charge in [0.05, 0.1) is 0 Å². The van der Waals surface area contributed by atoms with Crippen LogP contribution in [0.2, 0.25) is 0 Å². The van der Waals surface area contributed by atoms with Crippen LogP contribution in [0.3, 0.4) is 0 Å². The molecule has 0 aliphatic heterocycles. The molecule has 0 heterocycles. The zero-order valence-electron chi connectivity index (χ0n) is 12.6. The average Bonchev–Trinajstić information content (AvgIpc) is 2.43. The Morgan fingerprint density at radius 3 is 1.79 bits per heavy atom. The van der Waals surface area contributed by atoms with Gasteiger partial charge in [-0.1, -0.05) is 91.7 Å². The van der Waals surface area contributed by atoms with Crippen molar-refractivity contribution in [2.24, 2.45) is 0 Å². The van der Waals surface area contributed by atoms with E-state index in [4.69, 9.17) is 0 Å². The second-order valence-corrected chi connectivity index (χ2v) is 5.97. The minimum absolute atomic E-state index is 1.08. The summed E-state index contributed by atoms with van der Waals surface area (Å²) in [5.74, 6) is 0. The van der Waals surface area contributed by atoms with E-state index in [1.165, 1.54) is 49.4 Å². The monoisotopic (exact) mass is 374 g/mol. The molecule has 0 aromatic heterocycles. The van der Waals surface area contributed by atoms with E-state index in [0.29, 0.717) is 0 Å². The summed E-state index contributed by atoms with van der Waals surface area (Å²) in [5, 5.41) is 0. The van der Waals surface area contributed by atoms with Gasteiger partial charge < -0.3 is 0 Å². The van der Waals surface area contributed by atoms with E-state index in [2.05, 4.69) is 66.0 Å². The molecule has 0 amide bonds. The van der Waals surface area contributed by atoms with Crippen molar-refractivity contribution in [1.29, 1.82) is 0 Å². The fraction of sp³-hybridized carbons (Fsp3) is 0.667. The van der Waals surface area contributed by atoms with Crippen LogP contribution in [0.15, 0.2) is 36.5 Å². The van der Waals surface area contributed by atoms with E-state index in [0.717, 1.165) is 19.3 Å². The molecule has 0 aliphatic carbocycles. The molecule has 19 heavy (non-hydrogen) atoms. The first kappa shape index (κ1) is 18.9. The number of allylic oxidation sites excluding steroid dienone is 6. The lowest BCUT2D eigenvalue weighted by Gasteiger charge is -1.98. The van der Waals surface area contributed by atoms with Crippen LogP contribution in [0.25, 0.3) is 0 Å². The zero-order chi connectivity index (χ0) is 14.0. The molecule has 0 spiro atoms. The number of unbranched alkanes of at least 4 members (excludes halogenated alkanes) is 6. The standard InChI is InChI=1S/C18H31I/c1-2-3-4-5-6-7-8-9-10-11-12-13-14-15-16-17-18-19/h3-4,6-7,9-10H,2,5,8,11-18H2,1H3/b4-3+,7-6+,10-9+. The molecule has 0 N–H and O–H groups in total. The molecular weight excluding hydrogens is 343 g/mol. The van der Waals surface area contributed by atoms with Gasteiger partial charge in [-0.05, 0) is 43.0 Å². The maximum absolute atomic E-state index is 2.47. The molecule has 0 aliphatic rings. The Bertz CT molecular complexity index is 238. The van der Waals surface area contributed by atoms with Crippen molar-refractivity contribution in [2.75, 3.05) is 4.43 Å². The molecule has 0 aromatic carbocycles. The second kappa shape index (κ2) is 17.9. The molecule has 0 unspecified atom stereocenters. The first-order chi connectivity index (χ1) is 9.41. The molecule has 0 radical (unpaired) electrons. The Balaban J connectivity index is 3.19. The predicted molar refractivity (Wildman–Crippen MR) is 98.2 cm³/mol. The van der Waals surface area contributed by atoms with Gasteiger partial charge >= 0.3 is 0 Å². The van der Waals surface area contributed by atoms with Gasteiger partial charge in [0.25, 0.3) is 0 Å². The van der Waals surface area contributed by atoms with Crippen LogP contribution in [-0.2, 0) is 0 Å². The van der Waals surface area contributed by atoms with Crippen molar-refractivity contribution in [3.8, 4) is 0 Å². The smallest absolute Gasteiger partial charge is 0.000473 e. The zero-order valence-corrected chi connectivity index (χ0v) is 14.8. The highest BCUT2D eigenvalue weighted by Crippen LogP contribution is 2.08. The third kappa shape index (κ3) is 17.9. The van der Waals surface area contributed by atoms with Crippen LogP contribution < -0.4 is 0 Å². The van der Waals surface area contributed by atoms with Crippen LogP contribution >= 0.6 is 22.6 Å². The molecule has 0 aromatic rings. The summed E-state index contributed by atoms with van der Waals surface area (Å²) >= 11 is 2.47. The van der Waals surface area contributed by atoms with E-state index < -0.39 is 0 Å². The van der Waals surface area contributed by atoms with E-state index in [-0.39, 0.29) is 0 Å². The molecule has 0 fully saturated rings. The Hall–Kier alpha value is -0.0500. The van der Waals surface area contributed by atoms with Gasteiger partial charge in [-0.25, -0.2) is 0 Å². The highest BCUT2D eigenvalue weighted by molar-refractivity contribution is 14.1. The van der Waals surface area contributed by atoms with Gasteiger partial charge in [-0.15, -0.1) is 0 Å². The normalized spacial score (nSPS) is 12.3. The number of hydrogen-bond donors (Lipinski definition) is 0. The Labute approximate surface area is 134 Å². The van der Waals surface area contributed by atoms with Gasteiger partial charge in [-0.3, -0.25) is 0 Å². The second-order valence-electron chi connectivity index (χ2n) is 4.89. The molecular formula is C18H31I. The Kier molecular flexibility index (Phi) is 17.9. The molecule has 0 atom stereocenters. The van der Waals surface area contributed by atoms with Crippen molar-refractivity contribution < 1.29 is 0 Å². The van der Waals surface area contributed by atoms with Crippen molar-refractivity contribution in [2.45, 2.75) is 71.1 Å². The summed E-state index contributed by atoms with van der Waals surface area (Å²) in [6.07, 6.45) is 26.7. The van der Waals surface area contributed by atoms with Crippen molar-refractivity contribution in [1.82, 2.24) is 0 Å². The topological polar surface area (TPSA) is 0 Å². The summed E-state index contributed by atoms with van der Waals surface area (Å²) in [5.41, 5.74) is 0. The van der Waals surface area contributed by atoms with Crippen LogP contribution in [0.4, 0.5) is 0 Å². The largest absolute Gasteiger partial charge is 0.0885 e. The van der Waals surface area contributed by atoms with Crippen molar-refractivity contribution in [3.05, 3.63) is 36.5 Å². The third-order valence-electron chi connectivity index (χ3n) is 3.03. The predicted octanol–water partition coefficient (Wildman–Crippen LogP) is 7.01. The first-order valence-electron chi connectivity index (χ1n) is 7.92. The maximum atomic E-state index is 2.47. The summed E-state index contributed by atoms with van der Waals surface area (Å²) in [6.45, 7) is 2.17. The molecule has 0 saturated carbocycles. The van der Waals surface area contributed by atoms with Gasteiger partial charge in [0, 0.05) is 0 Å². The van der Waals surface area contributed by atoms with Crippen LogP contribution in [0, 0.1) is 0 Å². The third-order valence-corrected chi connectivity index (χ3v) is 3.80. The molecule has 110 valence electrons. The van der Waals surface area contributed by atoms with Gasteiger partial charge in [0.2, 0.25) is 0 Å². The van der Waals surface area contributed by atoms with E-state index in [1.54, 1.807) is 0 Å². The molecule has 0 bridgehead atoms. The van der Waals surface area contributed by atoms with Gasteiger partial charge in [-0.2, -0.15) is 0 Å². The summed E-state index contributed by atoms with van der Waals surface area (Å²) in [6, 6.07) is 0. The van der Waals surface area contributed by atoms with Gasteiger partial charge in [0.15, 0.2) is 0 Å². The van der Waals surface area contributed by atoms with Crippen LogP contribution in [-0.4, -0.2) is 4.43 Å². The quantitative estimate of drug-likeness (QED) is 0.141. The van der Waals surface area contributed by atoms with E-state index in [9.17, 15) is 0 Å². The lowest BCUT2D eigenvalue weighted by molar-refractivity contribution is 0.614.